The van der Waals surface area contributed by atoms with Gasteiger partial charge in [0.1, 0.15) is 36.3 Å². The molecule has 27 heteroatoms. The summed E-state index contributed by atoms with van der Waals surface area (Å²) < 4.78 is 0. The molecule has 2 aromatic carbocycles. The highest BCUT2D eigenvalue weighted by Crippen LogP contribution is 2.29. The van der Waals surface area contributed by atoms with Crippen molar-refractivity contribution in [2.45, 2.75) is 140 Å². The van der Waals surface area contributed by atoms with Gasteiger partial charge in [-0.2, -0.15) is 0 Å². The van der Waals surface area contributed by atoms with Crippen molar-refractivity contribution in [1.29, 1.82) is 0 Å². The molecule has 0 bridgehead atoms. The lowest BCUT2D eigenvalue weighted by Gasteiger charge is -2.29. The molecule has 0 unspecified atom stereocenters. The van der Waals surface area contributed by atoms with E-state index in [1.807, 2.05) is 42.5 Å². The number of hydrogen-bond donors (Lipinski definition) is 14. The van der Waals surface area contributed by atoms with Gasteiger partial charge in [-0.3, -0.25) is 47.9 Å². The zero-order valence-electron chi connectivity index (χ0n) is 42.7. The summed E-state index contributed by atoms with van der Waals surface area (Å²) in [5, 5.41) is 70.1. The van der Waals surface area contributed by atoms with Gasteiger partial charge in [0.15, 0.2) is 0 Å². The minimum Gasteiger partial charge on any atom is -0.481 e. The Morgan fingerprint density at radius 2 is 1.06 bits per heavy atom. The molecule has 0 saturated heterocycles. The van der Waals surface area contributed by atoms with Gasteiger partial charge in [-0.1, -0.05) is 42.5 Å². The minimum absolute atomic E-state index is 0.0694. The maximum absolute atomic E-state index is 13.8. The Morgan fingerprint density at radius 3 is 1.64 bits per heavy atom. The van der Waals surface area contributed by atoms with Crippen LogP contribution in [0.1, 0.15) is 103 Å². The Balaban J connectivity index is 1.55. The summed E-state index contributed by atoms with van der Waals surface area (Å²) in [6.45, 7) is 2.15. The fourth-order valence-electron chi connectivity index (χ4n) is 8.30. The molecule has 1 fully saturated rings. The van der Waals surface area contributed by atoms with Crippen LogP contribution in [0.3, 0.4) is 0 Å². The van der Waals surface area contributed by atoms with Crippen molar-refractivity contribution in [3.63, 3.8) is 0 Å². The number of urea groups is 1. The summed E-state index contributed by atoms with van der Waals surface area (Å²) in [6.07, 6.45) is -0.639. The van der Waals surface area contributed by atoms with Crippen LogP contribution in [0.2, 0.25) is 0 Å². The molecule has 27 nitrogen and oxygen atoms in total. The van der Waals surface area contributed by atoms with E-state index in [-0.39, 0.29) is 50.6 Å². The van der Waals surface area contributed by atoms with Crippen LogP contribution in [-0.2, 0) is 64.0 Å². The Labute approximate surface area is 442 Å². The summed E-state index contributed by atoms with van der Waals surface area (Å²) in [6, 6.07) is 4.01. The van der Waals surface area contributed by atoms with Crippen molar-refractivity contribution in [3.05, 3.63) is 48.0 Å². The van der Waals surface area contributed by atoms with Crippen LogP contribution < -0.4 is 47.9 Å². The van der Waals surface area contributed by atoms with Gasteiger partial charge in [-0.05, 0) is 93.4 Å². The molecule has 1 saturated carbocycles. The number of hydrogen-bond acceptors (Lipinski definition) is 13. The molecule has 77 heavy (non-hydrogen) atoms. The number of fused-ring (bicyclic) bond motifs is 1. The van der Waals surface area contributed by atoms with Crippen LogP contribution in [0.4, 0.5) is 4.79 Å². The zero-order valence-corrected chi connectivity index (χ0v) is 42.7. The maximum Gasteiger partial charge on any atom is 0.326 e. The van der Waals surface area contributed by atoms with Gasteiger partial charge >= 0.3 is 35.9 Å². The minimum atomic E-state index is -1.57. The fraction of sp³-hybridized carbons (Fsp3) is 0.540. The van der Waals surface area contributed by atoms with Gasteiger partial charge in [0.25, 0.3) is 0 Å². The highest BCUT2D eigenvalue weighted by Gasteiger charge is 2.32. The van der Waals surface area contributed by atoms with Crippen molar-refractivity contribution in [2.24, 2.45) is 11.8 Å². The average Bonchev–Trinajstić information content (AvgIpc) is 3.37. The van der Waals surface area contributed by atoms with Crippen LogP contribution in [-0.4, -0.2) is 159 Å². The number of nitrogens with one attached hydrogen (secondary N) is 9. The van der Waals surface area contributed by atoms with Gasteiger partial charge in [0.05, 0.1) is 6.54 Å². The van der Waals surface area contributed by atoms with E-state index in [4.69, 9.17) is 5.11 Å². The van der Waals surface area contributed by atoms with E-state index in [2.05, 4.69) is 47.9 Å². The Kier molecular flexibility index (Phi) is 26.3. The SMILES string of the molecule is CC(=O)N[C@@H](C)C(=O)N[C@@H](CCC(=O)O)C(=O)N[C@@H](CCC(=O)O)C(=O)NCC(=O)NCC1CCC(C(=O)N[C@@H](Cc2ccc3ccccc3c2)C(=O)NCCCC[C@H](NC(=O)N[C@@H](CCC(=O)O)C(=O)O)C(=O)O)CC1. The molecule has 0 radical (unpaired) electrons. The van der Waals surface area contributed by atoms with E-state index in [0.717, 1.165) is 23.3 Å². The number of amides is 9. The van der Waals surface area contributed by atoms with Crippen molar-refractivity contribution < 1.29 is 87.9 Å². The predicted octanol–water partition coefficient (Wildman–Crippen LogP) is -0.513. The number of rotatable bonds is 33. The zero-order chi connectivity index (χ0) is 57.2. The van der Waals surface area contributed by atoms with Crippen LogP contribution in [0.25, 0.3) is 10.8 Å². The quantitative estimate of drug-likeness (QED) is 0.0400. The molecule has 0 spiro atoms. The number of benzene rings is 2. The number of carboxylic acid groups (broad SMARTS) is 5. The summed E-state index contributed by atoms with van der Waals surface area (Å²) in [4.78, 5) is 160. The molecule has 422 valence electrons. The first-order valence-electron chi connectivity index (χ1n) is 25.1. The highest BCUT2D eigenvalue weighted by molar-refractivity contribution is 5.95. The van der Waals surface area contributed by atoms with Crippen molar-refractivity contribution in [1.82, 2.24) is 47.9 Å². The summed E-state index contributed by atoms with van der Waals surface area (Å²) >= 11 is 0. The second kappa shape index (κ2) is 32.1. The molecule has 0 aliphatic heterocycles. The molecule has 3 rings (SSSR count). The molecule has 14 N–H and O–H groups in total. The van der Waals surface area contributed by atoms with E-state index in [1.54, 1.807) is 0 Å². The van der Waals surface area contributed by atoms with E-state index in [9.17, 15) is 82.8 Å². The topological polar surface area (TPSA) is 431 Å². The van der Waals surface area contributed by atoms with E-state index in [0.29, 0.717) is 25.7 Å². The van der Waals surface area contributed by atoms with Gasteiger partial charge in [-0.15, -0.1) is 0 Å². The van der Waals surface area contributed by atoms with Crippen LogP contribution in [0.15, 0.2) is 42.5 Å². The van der Waals surface area contributed by atoms with Crippen molar-refractivity contribution >= 4 is 88.0 Å². The first kappa shape index (κ1) is 62.9. The van der Waals surface area contributed by atoms with Crippen LogP contribution in [0, 0.1) is 11.8 Å². The van der Waals surface area contributed by atoms with Gasteiger partial charge in [-0.25, -0.2) is 14.4 Å². The third-order valence-corrected chi connectivity index (χ3v) is 12.6. The lowest BCUT2D eigenvalue weighted by atomic mass is 9.81. The maximum atomic E-state index is 13.8. The van der Waals surface area contributed by atoms with Gasteiger partial charge < -0.3 is 73.4 Å². The third-order valence-electron chi connectivity index (χ3n) is 12.6. The first-order valence-corrected chi connectivity index (χ1v) is 25.1. The van der Waals surface area contributed by atoms with Gasteiger partial charge in [0, 0.05) is 51.6 Å². The molecule has 6 atom stereocenters. The number of carbonyl (C=O) groups excluding carboxylic acids is 8. The monoisotopic (exact) mass is 1080 g/mol. The molecule has 9 amide bonds. The van der Waals surface area contributed by atoms with Crippen molar-refractivity contribution in [2.75, 3.05) is 19.6 Å². The average molecular weight is 1080 g/mol. The fourth-order valence-corrected chi connectivity index (χ4v) is 8.30. The summed E-state index contributed by atoms with van der Waals surface area (Å²) in [7, 11) is 0. The van der Waals surface area contributed by atoms with E-state index in [1.165, 1.54) is 6.92 Å². The molecular weight excluding hydrogens is 1010 g/mol. The Hall–Kier alpha value is -8.39. The molecule has 1 aliphatic carbocycles. The summed E-state index contributed by atoms with van der Waals surface area (Å²) in [5.41, 5.74) is 0.764. The molecule has 2 aromatic rings. The molecule has 0 aromatic heterocycles. The van der Waals surface area contributed by atoms with Crippen molar-refractivity contribution in [3.8, 4) is 0 Å². The van der Waals surface area contributed by atoms with Crippen LogP contribution >= 0.6 is 0 Å². The normalized spacial score (nSPS) is 16.2. The van der Waals surface area contributed by atoms with E-state index >= 15 is 0 Å². The second-order valence-electron chi connectivity index (χ2n) is 18.7. The van der Waals surface area contributed by atoms with Crippen LogP contribution in [0.5, 0.6) is 0 Å². The highest BCUT2D eigenvalue weighted by atomic mass is 16.4. The lowest BCUT2D eigenvalue weighted by molar-refractivity contribution is -0.141. The predicted molar refractivity (Wildman–Crippen MR) is 270 cm³/mol. The number of unbranched alkanes of at least 4 members (excludes halogenated alkanes) is 1. The second-order valence-corrected chi connectivity index (χ2v) is 18.7. The Morgan fingerprint density at radius 1 is 0.532 bits per heavy atom. The number of carbonyl (C=O) groups is 13. The molecule has 1 aliphatic rings. The number of aliphatic carboxylic acids is 5. The Bertz CT molecular complexity index is 2460. The number of carboxylic acids is 5. The smallest absolute Gasteiger partial charge is 0.326 e. The summed E-state index contributed by atoms with van der Waals surface area (Å²) in [5.74, 6) is -12.1. The third kappa shape index (κ3) is 23.8. The lowest BCUT2D eigenvalue weighted by Crippen LogP contribution is -2.56. The first-order chi connectivity index (χ1) is 36.4. The molecule has 0 heterocycles. The van der Waals surface area contributed by atoms with Gasteiger partial charge in [0.2, 0.25) is 41.4 Å². The standard InChI is InChI=1S/C50H69N9O18/c1-27(54-28(2)60)43(68)55-35(17-20-41(64)65)47(72)56-34(16-19-40(62)63)45(70)53-26-39(61)52-25-29-10-14-32(15-11-29)44(69)57-38(24-30-12-13-31-7-3-4-8-33(31)23-30)46(71)51-22-6-5-9-36(48(73)74)58-50(77)59-37(49(75)76)18-21-42(66)67/h3-4,7-8,12-13,23,27,29,32,34-38H,5-6,9-11,14-22,24-26H2,1-2H3,(H,51,71)(H,52,61)(H,53,70)(H,54,60)(H,55,68)(H,56,72)(H,57,69)(H,62,63)(H,64,65)(H,66,67)(H,73,74)(H,75,76)(H2,58,59,77)/t27-,29?,32?,34-,35-,36-,37-,38-/m0/s1. The molecular formula is C50H69N9O18. The largest absolute Gasteiger partial charge is 0.481 e. The van der Waals surface area contributed by atoms with E-state index < -0.39 is 159 Å².